The Morgan fingerprint density at radius 2 is 1.61 bits per heavy atom. The normalized spacial score (nSPS) is 11.1. The maximum Gasteiger partial charge on any atom is 0.335 e. The zero-order valence-corrected chi connectivity index (χ0v) is 20.0. The summed E-state index contributed by atoms with van der Waals surface area (Å²) >= 11 is 0. The number of nitrogens with zero attached hydrogens (tertiary/aromatic N) is 2. The van der Waals surface area contributed by atoms with E-state index in [1.165, 1.54) is 43.5 Å². The number of nitrogens with one attached hydrogen (secondary N) is 3. The van der Waals surface area contributed by atoms with Crippen molar-refractivity contribution in [3.8, 4) is 0 Å². The molecule has 0 atom stereocenters. The lowest BCUT2D eigenvalue weighted by molar-refractivity contribution is 0.0294. The highest BCUT2D eigenvalue weighted by atomic mass is 32.2. The second-order valence-corrected chi connectivity index (χ2v) is 9.23. The quantitative estimate of drug-likeness (QED) is 0.313. The average Bonchev–Trinajstić information content (AvgIpc) is 2.74. The molecule has 2 aromatic rings. The van der Waals surface area contributed by atoms with Gasteiger partial charge in [0.15, 0.2) is 0 Å². The van der Waals surface area contributed by atoms with Crippen LogP contribution in [0.1, 0.15) is 67.2 Å². The molecule has 1 heterocycles. The number of aromatic nitrogens is 2. The van der Waals surface area contributed by atoms with E-state index < -0.39 is 22.0 Å². The summed E-state index contributed by atoms with van der Waals surface area (Å²) in [5.74, 6) is -0.755. The summed E-state index contributed by atoms with van der Waals surface area (Å²) in [5, 5.41) is 2.29. The molecule has 180 valence electrons. The molecule has 1 aromatic carbocycles. The van der Waals surface area contributed by atoms with Gasteiger partial charge in [0, 0.05) is 11.4 Å². The van der Waals surface area contributed by atoms with Crippen molar-refractivity contribution in [2.45, 2.75) is 64.2 Å². The van der Waals surface area contributed by atoms with Crippen LogP contribution < -0.4 is 15.5 Å². The zero-order valence-electron chi connectivity index (χ0n) is 19.2. The monoisotopic (exact) mass is 477 g/mol. The molecule has 0 aliphatic rings. The third-order valence-corrected chi connectivity index (χ3v) is 6.01. The number of hydroxylamine groups is 1. The minimum Gasteiger partial charge on any atom is -0.275 e. The highest BCUT2D eigenvalue weighted by Crippen LogP contribution is 2.16. The zero-order chi connectivity index (χ0) is 24.3. The fourth-order valence-corrected chi connectivity index (χ4v) is 4.21. The average molecular weight is 478 g/mol. The van der Waals surface area contributed by atoms with Gasteiger partial charge in [-0.2, -0.15) is 0 Å². The van der Waals surface area contributed by atoms with Crippen LogP contribution in [0.25, 0.3) is 0 Å². The fraction of sp³-hybridized carbons (Fsp3) is 0.455. The van der Waals surface area contributed by atoms with Crippen LogP contribution in [0, 0.1) is 13.8 Å². The largest absolute Gasteiger partial charge is 0.335 e. The number of hydrogen-bond donors (Lipinski definition) is 3. The smallest absolute Gasteiger partial charge is 0.275 e. The van der Waals surface area contributed by atoms with Gasteiger partial charge in [-0.05, 0) is 38.5 Å². The lowest BCUT2D eigenvalue weighted by Crippen LogP contribution is -2.36. The van der Waals surface area contributed by atoms with E-state index in [1.807, 2.05) is 4.72 Å². The Morgan fingerprint density at radius 3 is 2.30 bits per heavy atom. The summed E-state index contributed by atoms with van der Waals surface area (Å²) < 4.78 is 27.4. The van der Waals surface area contributed by atoms with E-state index in [4.69, 9.17) is 4.84 Å². The van der Waals surface area contributed by atoms with E-state index >= 15 is 0 Å². The number of unbranched alkanes of at least 4 members (excludes halogenated alkanes) is 5. The van der Waals surface area contributed by atoms with E-state index in [1.54, 1.807) is 19.9 Å². The van der Waals surface area contributed by atoms with Gasteiger partial charge in [0.05, 0.1) is 12.2 Å². The third-order valence-electron chi connectivity index (χ3n) is 4.62. The van der Waals surface area contributed by atoms with Crippen molar-refractivity contribution in [3.63, 3.8) is 0 Å². The van der Waals surface area contributed by atoms with Gasteiger partial charge < -0.3 is 0 Å². The Labute approximate surface area is 194 Å². The molecule has 3 amide bonds. The fourth-order valence-electron chi connectivity index (χ4n) is 3.10. The van der Waals surface area contributed by atoms with Gasteiger partial charge in [0.2, 0.25) is 5.95 Å². The first-order chi connectivity index (χ1) is 15.7. The molecule has 0 unspecified atom stereocenters. The Morgan fingerprint density at radius 1 is 0.970 bits per heavy atom. The third kappa shape index (κ3) is 8.78. The number of aryl methyl sites for hydroxylation is 2. The first-order valence-electron chi connectivity index (χ1n) is 10.9. The predicted octanol–water partition coefficient (Wildman–Crippen LogP) is 3.63. The van der Waals surface area contributed by atoms with Crippen molar-refractivity contribution in [2.24, 2.45) is 0 Å². The summed E-state index contributed by atoms with van der Waals surface area (Å²) in [7, 11) is -4.36. The Kier molecular flexibility index (Phi) is 10.2. The molecule has 10 nitrogen and oxygen atoms in total. The van der Waals surface area contributed by atoms with Gasteiger partial charge in [-0.25, -0.2) is 33.4 Å². The standard InChI is InChI=1S/C22H31N5O5S/c1-4-5-6-7-8-11-14-32-26-20(28)18-12-9-10-13-19(18)33(30,31)27-22(29)25-21-23-16(2)15-17(3)24-21/h9-10,12-13,15H,4-8,11,14H2,1-3H3,(H,26,28)(H2,23,24,25,27,29). The van der Waals surface area contributed by atoms with Crippen molar-refractivity contribution in [1.82, 2.24) is 20.2 Å². The van der Waals surface area contributed by atoms with Crippen molar-refractivity contribution in [3.05, 3.63) is 47.3 Å². The van der Waals surface area contributed by atoms with Crippen LogP contribution in [0.2, 0.25) is 0 Å². The number of benzene rings is 1. The number of carbonyl (C=O) groups is 2. The summed E-state index contributed by atoms with van der Waals surface area (Å²) in [6.45, 7) is 5.91. The van der Waals surface area contributed by atoms with Crippen LogP contribution in [0.5, 0.6) is 0 Å². The molecule has 2 rings (SSSR count). The summed E-state index contributed by atoms with van der Waals surface area (Å²) in [6, 6.07) is 6.20. The minimum absolute atomic E-state index is 0.0330. The van der Waals surface area contributed by atoms with Gasteiger partial charge in [0.1, 0.15) is 4.90 Å². The SMILES string of the molecule is CCCCCCCCONC(=O)c1ccccc1S(=O)(=O)NC(=O)Nc1nc(C)cc(C)n1. The molecule has 33 heavy (non-hydrogen) atoms. The van der Waals surface area contributed by atoms with E-state index in [0.717, 1.165) is 19.3 Å². The molecule has 0 spiro atoms. The predicted molar refractivity (Wildman–Crippen MR) is 124 cm³/mol. The van der Waals surface area contributed by atoms with Crippen LogP contribution in [-0.2, 0) is 14.9 Å². The van der Waals surface area contributed by atoms with Crippen LogP contribution >= 0.6 is 0 Å². The highest BCUT2D eigenvalue weighted by Gasteiger charge is 2.24. The number of urea groups is 1. The van der Waals surface area contributed by atoms with E-state index in [9.17, 15) is 18.0 Å². The number of amides is 3. The molecular weight excluding hydrogens is 446 g/mol. The molecule has 3 N–H and O–H groups in total. The van der Waals surface area contributed by atoms with Gasteiger partial charge in [-0.3, -0.25) is 14.9 Å². The number of rotatable bonds is 12. The second-order valence-electron chi connectivity index (χ2n) is 7.58. The molecule has 11 heteroatoms. The van der Waals surface area contributed by atoms with Crippen molar-refractivity contribution >= 4 is 27.9 Å². The van der Waals surface area contributed by atoms with Crippen molar-refractivity contribution < 1.29 is 22.8 Å². The Bertz CT molecular complexity index is 1040. The van der Waals surface area contributed by atoms with Crippen LogP contribution in [0.15, 0.2) is 35.2 Å². The first-order valence-corrected chi connectivity index (χ1v) is 12.4. The topological polar surface area (TPSA) is 139 Å². The molecule has 0 bridgehead atoms. The Hall–Kier alpha value is -3.05. The summed E-state index contributed by atoms with van der Waals surface area (Å²) in [4.78, 5) is 37.6. The van der Waals surface area contributed by atoms with Gasteiger partial charge >= 0.3 is 6.03 Å². The van der Waals surface area contributed by atoms with Crippen LogP contribution in [-0.4, -0.2) is 36.9 Å². The molecule has 0 aliphatic carbocycles. The molecule has 1 aromatic heterocycles. The van der Waals surface area contributed by atoms with Crippen LogP contribution in [0.4, 0.5) is 10.7 Å². The summed E-state index contributed by atoms with van der Waals surface area (Å²) in [5.41, 5.74) is 3.35. The van der Waals surface area contributed by atoms with E-state index in [2.05, 4.69) is 27.7 Å². The van der Waals surface area contributed by atoms with Crippen LogP contribution in [0.3, 0.4) is 0 Å². The number of anilines is 1. The number of sulfonamides is 1. The van der Waals surface area contributed by atoms with Crippen molar-refractivity contribution in [2.75, 3.05) is 11.9 Å². The van der Waals surface area contributed by atoms with E-state index in [0.29, 0.717) is 18.0 Å². The number of carbonyl (C=O) groups excluding carboxylic acids is 2. The van der Waals surface area contributed by atoms with Gasteiger partial charge in [0.25, 0.3) is 15.9 Å². The summed E-state index contributed by atoms with van der Waals surface area (Å²) in [6.07, 6.45) is 6.42. The molecule has 0 fully saturated rings. The molecule has 0 saturated heterocycles. The first kappa shape index (κ1) is 26.2. The molecule has 0 saturated carbocycles. The van der Waals surface area contributed by atoms with Gasteiger partial charge in [-0.15, -0.1) is 0 Å². The molecular formula is C22H31N5O5S. The maximum absolute atomic E-state index is 12.8. The minimum atomic E-state index is -4.36. The maximum atomic E-state index is 12.8. The molecule has 0 aliphatic heterocycles. The molecule has 0 radical (unpaired) electrons. The van der Waals surface area contributed by atoms with E-state index in [-0.39, 0.29) is 16.4 Å². The second kappa shape index (κ2) is 12.9. The number of hydrogen-bond acceptors (Lipinski definition) is 7. The van der Waals surface area contributed by atoms with Crippen molar-refractivity contribution in [1.29, 1.82) is 0 Å². The highest BCUT2D eigenvalue weighted by molar-refractivity contribution is 7.90. The lowest BCUT2D eigenvalue weighted by atomic mass is 10.1. The lowest BCUT2D eigenvalue weighted by Gasteiger charge is -2.12. The van der Waals surface area contributed by atoms with Gasteiger partial charge in [-0.1, -0.05) is 51.2 Å². The Balaban J connectivity index is 1.96.